The van der Waals surface area contributed by atoms with Gasteiger partial charge in [0.25, 0.3) is 0 Å². The first-order valence-corrected chi connectivity index (χ1v) is 5.29. The molecule has 0 bridgehead atoms. The minimum Gasteiger partial charge on any atom is -0.457 e. The van der Waals surface area contributed by atoms with E-state index in [-0.39, 0.29) is 18.4 Å². The van der Waals surface area contributed by atoms with Crippen LogP contribution in [-0.2, 0) is 19.0 Å². The lowest BCUT2D eigenvalue weighted by atomic mass is 10.1. The third kappa shape index (κ3) is 2.45. The standard InChI is InChI=1S/C10H16O4/c11-9-5-2-1-4-8(14-9)10-12-6-3-7-13-10/h8,10H,1-7H2. The highest BCUT2D eigenvalue weighted by molar-refractivity contribution is 5.69. The topological polar surface area (TPSA) is 44.8 Å². The number of hydrogen-bond donors (Lipinski definition) is 0. The van der Waals surface area contributed by atoms with Gasteiger partial charge in [0.05, 0.1) is 13.2 Å². The second-order valence-corrected chi connectivity index (χ2v) is 3.74. The third-order valence-corrected chi connectivity index (χ3v) is 2.56. The van der Waals surface area contributed by atoms with Crippen LogP contribution >= 0.6 is 0 Å². The van der Waals surface area contributed by atoms with Gasteiger partial charge in [0.2, 0.25) is 0 Å². The average molecular weight is 200 g/mol. The summed E-state index contributed by atoms with van der Waals surface area (Å²) in [5.74, 6) is -0.120. The molecule has 0 saturated carbocycles. The number of esters is 1. The molecule has 2 rings (SSSR count). The average Bonchev–Trinajstić information content (AvgIpc) is 2.44. The number of hydrogen-bond acceptors (Lipinski definition) is 4. The summed E-state index contributed by atoms with van der Waals surface area (Å²) < 4.78 is 16.1. The van der Waals surface area contributed by atoms with Crippen LogP contribution in [0, 0.1) is 0 Å². The molecule has 2 aliphatic heterocycles. The highest BCUT2D eigenvalue weighted by Crippen LogP contribution is 2.21. The third-order valence-electron chi connectivity index (χ3n) is 2.56. The Hall–Kier alpha value is -0.610. The highest BCUT2D eigenvalue weighted by Gasteiger charge is 2.29. The Kier molecular flexibility index (Phi) is 3.37. The van der Waals surface area contributed by atoms with Gasteiger partial charge in [-0.15, -0.1) is 0 Å². The van der Waals surface area contributed by atoms with Crippen molar-refractivity contribution in [3.05, 3.63) is 0 Å². The summed E-state index contributed by atoms with van der Waals surface area (Å²) in [6.45, 7) is 1.41. The van der Waals surface area contributed by atoms with Gasteiger partial charge in [0, 0.05) is 6.42 Å². The molecule has 1 atom stereocenters. The van der Waals surface area contributed by atoms with Crippen molar-refractivity contribution >= 4 is 5.97 Å². The maximum absolute atomic E-state index is 11.2. The summed E-state index contributed by atoms with van der Waals surface area (Å²) in [6.07, 6.45) is 3.73. The number of carbonyl (C=O) groups excluding carboxylic acids is 1. The first-order chi connectivity index (χ1) is 6.86. The molecule has 2 saturated heterocycles. The van der Waals surface area contributed by atoms with Crippen molar-refractivity contribution < 1.29 is 19.0 Å². The Morgan fingerprint density at radius 3 is 2.64 bits per heavy atom. The van der Waals surface area contributed by atoms with E-state index < -0.39 is 0 Å². The zero-order chi connectivity index (χ0) is 9.80. The fourth-order valence-corrected chi connectivity index (χ4v) is 1.81. The number of carbonyl (C=O) groups is 1. The number of ether oxygens (including phenoxy) is 3. The first-order valence-electron chi connectivity index (χ1n) is 5.29. The van der Waals surface area contributed by atoms with E-state index in [1.807, 2.05) is 0 Å². The molecule has 0 radical (unpaired) electrons. The largest absolute Gasteiger partial charge is 0.457 e. The Balaban J connectivity index is 1.90. The van der Waals surface area contributed by atoms with Crippen molar-refractivity contribution in [1.29, 1.82) is 0 Å². The summed E-state index contributed by atoms with van der Waals surface area (Å²) in [7, 11) is 0. The van der Waals surface area contributed by atoms with Gasteiger partial charge in [-0.25, -0.2) is 0 Å². The molecule has 4 heteroatoms. The molecule has 2 heterocycles. The van der Waals surface area contributed by atoms with E-state index in [0.717, 1.165) is 25.7 Å². The van der Waals surface area contributed by atoms with Gasteiger partial charge in [0.1, 0.15) is 0 Å². The van der Waals surface area contributed by atoms with E-state index in [9.17, 15) is 4.79 Å². The molecular weight excluding hydrogens is 184 g/mol. The van der Waals surface area contributed by atoms with E-state index in [1.165, 1.54) is 0 Å². The molecule has 0 N–H and O–H groups in total. The minimum atomic E-state index is -0.328. The molecule has 4 nitrogen and oxygen atoms in total. The van der Waals surface area contributed by atoms with Crippen LogP contribution in [0.3, 0.4) is 0 Å². The van der Waals surface area contributed by atoms with Crippen molar-refractivity contribution in [2.24, 2.45) is 0 Å². The van der Waals surface area contributed by atoms with Crippen LogP contribution in [0.4, 0.5) is 0 Å². The predicted molar refractivity (Wildman–Crippen MR) is 48.7 cm³/mol. The molecule has 0 aromatic heterocycles. The fraction of sp³-hybridized carbons (Fsp3) is 0.900. The summed E-state index contributed by atoms with van der Waals surface area (Å²) in [6, 6.07) is 0. The van der Waals surface area contributed by atoms with Crippen LogP contribution in [0.5, 0.6) is 0 Å². The molecule has 14 heavy (non-hydrogen) atoms. The van der Waals surface area contributed by atoms with Crippen LogP contribution in [0.1, 0.15) is 32.1 Å². The molecule has 0 aromatic carbocycles. The number of cyclic esters (lactones) is 1. The van der Waals surface area contributed by atoms with E-state index in [2.05, 4.69) is 0 Å². The Labute approximate surface area is 83.5 Å². The van der Waals surface area contributed by atoms with Crippen molar-refractivity contribution in [2.75, 3.05) is 13.2 Å². The molecule has 2 aliphatic rings. The predicted octanol–water partition coefficient (Wildman–Crippen LogP) is 1.24. The fourth-order valence-electron chi connectivity index (χ4n) is 1.81. The summed E-state index contributed by atoms with van der Waals surface area (Å²) in [4.78, 5) is 11.2. The summed E-state index contributed by atoms with van der Waals surface area (Å²) in [5, 5.41) is 0. The van der Waals surface area contributed by atoms with Gasteiger partial charge in [0.15, 0.2) is 12.4 Å². The van der Waals surface area contributed by atoms with Gasteiger partial charge in [-0.1, -0.05) is 0 Å². The first kappa shape index (κ1) is 9.93. The van der Waals surface area contributed by atoms with Crippen LogP contribution < -0.4 is 0 Å². The lowest BCUT2D eigenvalue weighted by Crippen LogP contribution is -2.38. The van der Waals surface area contributed by atoms with Crippen molar-refractivity contribution in [3.63, 3.8) is 0 Å². The van der Waals surface area contributed by atoms with Crippen molar-refractivity contribution in [1.82, 2.24) is 0 Å². The monoisotopic (exact) mass is 200 g/mol. The Morgan fingerprint density at radius 1 is 1.07 bits per heavy atom. The van der Waals surface area contributed by atoms with Crippen LogP contribution in [-0.4, -0.2) is 31.6 Å². The zero-order valence-corrected chi connectivity index (χ0v) is 8.24. The molecule has 0 amide bonds. The van der Waals surface area contributed by atoms with E-state index in [1.54, 1.807) is 0 Å². The molecule has 0 aromatic rings. The van der Waals surface area contributed by atoms with Crippen molar-refractivity contribution in [3.8, 4) is 0 Å². The smallest absolute Gasteiger partial charge is 0.306 e. The van der Waals surface area contributed by atoms with E-state index >= 15 is 0 Å². The summed E-state index contributed by atoms with van der Waals surface area (Å²) >= 11 is 0. The van der Waals surface area contributed by atoms with Crippen LogP contribution in [0.2, 0.25) is 0 Å². The quantitative estimate of drug-likeness (QED) is 0.597. The molecule has 0 aliphatic carbocycles. The van der Waals surface area contributed by atoms with Gasteiger partial charge in [-0.05, 0) is 25.7 Å². The lowest BCUT2D eigenvalue weighted by molar-refractivity contribution is -0.231. The summed E-state index contributed by atoms with van der Waals surface area (Å²) in [5.41, 5.74) is 0. The molecular formula is C10H16O4. The second kappa shape index (κ2) is 4.75. The van der Waals surface area contributed by atoms with E-state index in [0.29, 0.717) is 19.6 Å². The van der Waals surface area contributed by atoms with Crippen LogP contribution in [0.25, 0.3) is 0 Å². The minimum absolute atomic E-state index is 0.120. The normalized spacial score (nSPS) is 30.9. The van der Waals surface area contributed by atoms with Crippen molar-refractivity contribution in [2.45, 2.75) is 44.5 Å². The van der Waals surface area contributed by atoms with Gasteiger partial charge < -0.3 is 14.2 Å². The Morgan fingerprint density at radius 2 is 1.86 bits per heavy atom. The number of rotatable bonds is 1. The SMILES string of the molecule is O=C1CCCCC(C2OCCCO2)O1. The maximum atomic E-state index is 11.2. The maximum Gasteiger partial charge on any atom is 0.306 e. The van der Waals surface area contributed by atoms with E-state index in [4.69, 9.17) is 14.2 Å². The Bertz CT molecular complexity index is 198. The molecule has 80 valence electrons. The lowest BCUT2D eigenvalue weighted by Gasteiger charge is -2.29. The molecule has 2 fully saturated rings. The van der Waals surface area contributed by atoms with Gasteiger partial charge >= 0.3 is 5.97 Å². The molecule has 0 spiro atoms. The van der Waals surface area contributed by atoms with Gasteiger partial charge in [-0.2, -0.15) is 0 Å². The zero-order valence-electron chi connectivity index (χ0n) is 8.24. The van der Waals surface area contributed by atoms with Crippen LogP contribution in [0.15, 0.2) is 0 Å². The molecule has 1 unspecified atom stereocenters. The van der Waals surface area contributed by atoms with Gasteiger partial charge in [-0.3, -0.25) is 4.79 Å². The second-order valence-electron chi connectivity index (χ2n) is 3.74. The highest BCUT2D eigenvalue weighted by atomic mass is 16.7.